The van der Waals surface area contributed by atoms with E-state index in [1.165, 1.54) is 12.1 Å². The van der Waals surface area contributed by atoms with Crippen LogP contribution in [0.5, 0.6) is 0 Å². The summed E-state index contributed by atoms with van der Waals surface area (Å²) in [5, 5.41) is 24.2. The number of sulfonamides is 1. The molecule has 0 saturated heterocycles. The number of aliphatic hydroxyl groups is 2. The molecule has 0 heterocycles. The van der Waals surface area contributed by atoms with Crippen molar-refractivity contribution in [2.45, 2.75) is 42.4 Å². The molecule has 184 valence electrons. The zero-order valence-corrected chi connectivity index (χ0v) is 20.1. The molecule has 1 aliphatic carbocycles. The number of nitrogens with one attached hydrogen (secondary N) is 2. The van der Waals surface area contributed by atoms with Crippen molar-refractivity contribution in [1.29, 1.82) is 0 Å². The molecule has 0 aliphatic heterocycles. The number of rotatable bonds is 10. The number of hydrogen-bond donors (Lipinski definition) is 4. The third-order valence-electron chi connectivity index (χ3n) is 6.32. The average molecular weight is 495 g/mol. The Labute approximate surface area is 205 Å². The molecule has 4 atom stereocenters. The molecule has 3 aromatic rings. The molecule has 0 aromatic heterocycles. The number of hydrogen-bond acceptors (Lipinski definition) is 5. The van der Waals surface area contributed by atoms with Crippen LogP contribution in [0.15, 0.2) is 89.8 Å². The molecule has 0 saturated carbocycles. The second-order valence-corrected chi connectivity index (χ2v) is 10.7. The molecule has 0 bridgehead atoms. The molecule has 0 spiro atoms. The first-order valence-electron chi connectivity index (χ1n) is 11.7. The smallest absolute Gasteiger partial charge is 0.240 e. The van der Waals surface area contributed by atoms with E-state index in [0.29, 0.717) is 12.8 Å². The third-order valence-corrected chi connectivity index (χ3v) is 7.76. The molecular formula is C27H30N2O5S. The number of aliphatic hydroxyl groups excluding tert-OH is 2. The summed E-state index contributed by atoms with van der Waals surface area (Å²) in [6, 6.07) is 24.5. The number of carbonyl (C=O) groups excluding carboxylic acids is 1. The highest BCUT2D eigenvalue weighted by Gasteiger charge is 2.34. The van der Waals surface area contributed by atoms with Gasteiger partial charge in [-0.2, -0.15) is 0 Å². The summed E-state index contributed by atoms with van der Waals surface area (Å²) < 4.78 is 27.4. The van der Waals surface area contributed by atoms with Crippen LogP contribution in [-0.2, 0) is 27.7 Å². The molecule has 35 heavy (non-hydrogen) atoms. The summed E-state index contributed by atoms with van der Waals surface area (Å²) in [6.07, 6.45) is -0.902. The lowest BCUT2D eigenvalue weighted by atomic mass is 9.92. The zero-order chi connectivity index (χ0) is 24.8. The highest BCUT2D eigenvalue weighted by atomic mass is 32.2. The Morgan fingerprint density at radius 2 is 1.57 bits per heavy atom. The first-order valence-corrected chi connectivity index (χ1v) is 13.1. The monoisotopic (exact) mass is 494 g/mol. The van der Waals surface area contributed by atoms with Gasteiger partial charge in [-0.05, 0) is 41.7 Å². The van der Waals surface area contributed by atoms with Gasteiger partial charge < -0.3 is 15.5 Å². The summed E-state index contributed by atoms with van der Waals surface area (Å²) in [7, 11) is -3.77. The van der Waals surface area contributed by atoms with Gasteiger partial charge in [0.1, 0.15) is 0 Å². The van der Waals surface area contributed by atoms with Crippen LogP contribution in [0.25, 0.3) is 0 Å². The minimum Gasteiger partial charge on any atom is -0.392 e. The van der Waals surface area contributed by atoms with Crippen molar-refractivity contribution in [3.63, 3.8) is 0 Å². The van der Waals surface area contributed by atoms with Gasteiger partial charge in [0.05, 0.1) is 23.1 Å². The molecule has 3 aromatic carbocycles. The van der Waals surface area contributed by atoms with Crippen molar-refractivity contribution in [2.24, 2.45) is 5.92 Å². The lowest BCUT2D eigenvalue weighted by Gasteiger charge is -2.24. The van der Waals surface area contributed by atoms with E-state index in [1.807, 2.05) is 54.6 Å². The molecule has 4 N–H and O–H groups in total. The van der Waals surface area contributed by atoms with Crippen LogP contribution < -0.4 is 10.0 Å². The van der Waals surface area contributed by atoms with Crippen LogP contribution in [0.4, 0.5) is 0 Å². The molecule has 1 amide bonds. The van der Waals surface area contributed by atoms with Crippen LogP contribution in [0, 0.1) is 5.92 Å². The molecule has 7 nitrogen and oxygen atoms in total. The molecule has 8 heteroatoms. The van der Waals surface area contributed by atoms with E-state index >= 15 is 0 Å². The summed E-state index contributed by atoms with van der Waals surface area (Å²) in [5.74, 6) is -0.909. The maximum Gasteiger partial charge on any atom is 0.240 e. The van der Waals surface area contributed by atoms with E-state index in [2.05, 4.69) is 10.0 Å². The van der Waals surface area contributed by atoms with Crippen LogP contribution in [0.1, 0.15) is 29.2 Å². The van der Waals surface area contributed by atoms with Crippen molar-refractivity contribution in [2.75, 3.05) is 6.54 Å². The SMILES string of the molecule is O=C(N[C@H]1c2ccccc2C[C@H]1O)[C@H](Cc1ccccc1)C[C@H](O)CNS(=O)(=O)c1ccccc1. The fourth-order valence-electron chi connectivity index (χ4n) is 4.50. The highest BCUT2D eigenvalue weighted by Crippen LogP contribution is 2.32. The number of amides is 1. The largest absolute Gasteiger partial charge is 0.392 e. The summed E-state index contributed by atoms with van der Waals surface area (Å²) in [6.45, 7) is -0.218. The predicted molar refractivity (Wildman–Crippen MR) is 133 cm³/mol. The van der Waals surface area contributed by atoms with Gasteiger partial charge in [0.25, 0.3) is 0 Å². The van der Waals surface area contributed by atoms with E-state index in [9.17, 15) is 23.4 Å². The van der Waals surface area contributed by atoms with E-state index in [0.717, 1.165) is 16.7 Å². The Morgan fingerprint density at radius 1 is 0.943 bits per heavy atom. The Kier molecular flexibility index (Phi) is 7.97. The summed E-state index contributed by atoms with van der Waals surface area (Å²) >= 11 is 0. The molecule has 0 radical (unpaired) electrons. The van der Waals surface area contributed by atoms with E-state index in [4.69, 9.17) is 0 Å². The Balaban J connectivity index is 1.45. The summed E-state index contributed by atoms with van der Waals surface area (Å²) in [5.41, 5.74) is 2.82. The van der Waals surface area contributed by atoms with E-state index in [-0.39, 0.29) is 23.8 Å². The topological polar surface area (TPSA) is 116 Å². The quantitative estimate of drug-likeness (QED) is 0.345. The lowest BCUT2D eigenvalue weighted by molar-refractivity contribution is -0.127. The second kappa shape index (κ2) is 11.1. The molecule has 0 unspecified atom stereocenters. The van der Waals surface area contributed by atoms with Crippen LogP contribution in [0.2, 0.25) is 0 Å². The van der Waals surface area contributed by atoms with Gasteiger partial charge in [-0.25, -0.2) is 13.1 Å². The first kappa shape index (κ1) is 25.1. The van der Waals surface area contributed by atoms with Gasteiger partial charge in [-0.3, -0.25) is 4.79 Å². The van der Waals surface area contributed by atoms with Crippen molar-refractivity contribution >= 4 is 15.9 Å². The summed E-state index contributed by atoms with van der Waals surface area (Å²) in [4.78, 5) is 13.5. The number of benzene rings is 3. The van der Waals surface area contributed by atoms with Gasteiger partial charge in [0.15, 0.2) is 0 Å². The van der Waals surface area contributed by atoms with Crippen molar-refractivity contribution in [3.05, 3.63) is 102 Å². The molecule has 1 aliphatic rings. The van der Waals surface area contributed by atoms with E-state index in [1.54, 1.807) is 18.2 Å². The Morgan fingerprint density at radius 3 is 2.29 bits per heavy atom. The fraction of sp³-hybridized carbons (Fsp3) is 0.296. The highest BCUT2D eigenvalue weighted by molar-refractivity contribution is 7.89. The predicted octanol–water partition coefficient (Wildman–Crippen LogP) is 2.35. The Hall–Kier alpha value is -3.04. The Bertz CT molecular complexity index is 1230. The minimum atomic E-state index is -3.77. The van der Waals surface area contributed by atoms with Crippen LogP contribution in [0.3, 0.4) is 0 Å². The number of carbonyl (C=O) groups is 1. The van der Waals surface area contributed by atoms with Crippen LogP contribution in [-0.4, -0.2) is 43.3 Å². The second-order valence-electron chi connectivity index (χ2n) is 8.90. The first-order chi connectivity index (χ1) is 16.8. The molecule has 0 fully saturated rings. The maximum absolute atomic E-state index is 13.3. The van der Waals surface area contributed by atoms with Gasteiger partial charge in [-0.15, -0.1) is 0 Å². The van der Waals surface area contributed by atoms with Gasteiger partial charge in [0, 0.05) is 18.9 Å². The lowest BCUT2D eigenvalue weighted by Crippen LogP contribution is -2.41. The van der Waals surface area contributed by atoms with Gasteiger partial charge in [0.2, 0.25) is 15.9 Å². The maximum atomic E-state index is 13.3. The van der Waals surface area contributed by atoms with Gasteiger partial charge >= 0.3 is 0 Å². The third kappa shape index (κ3) is 6.35. The molecule has 4 rings (SSSR count). The van der Waals surface area contributed by atoms with Crippen molar-refractivity contribution in [1.82, 2.24) is 10.0 Å². The standard InChI is InChI=1S/C27H30N2O5S/c30-22(18-28-35(33,34)23-12-5-2-6-13-23)16-21(15-19-9-3-1-4-10-19)27(32)29-26-24-14-8-7-11-20(24)17-25(26)31/h1-14,21-22,25-26,28,30-31H,15-18H2,(H,29,32)/t21-,22+,25-,26+/m1/s1. The van der Waals surface area contributed by atoms with Crippen molar-refractivity contribution in [3.8, 4) is 0 Å². The normalized spacial score (nSPS) is 19.0. The van der Waals surface area contributed by atoms with Crippen LogP contribution >= 0.6 is 0 Å². The van der Waals surface area contributed by atoms with Gasteiger partial charge in [-0.1, -0.05) is 72.8 Å². The molecular weight excluding hydrogens is 464 g/mol. The minimum absolute atomic E-state index is 0.0580. The van der Waals surface area contributed by atoms with Crippen molar-refractivity contribution < 1.29 is 23.4 Å². The fourth-order valence-corrected chi connectivity index (χ4v) is 5.60. The average Bonchev–Trinajstić information content (AvgIpc) is 3.18. The zero-order valence-electron chi connectivity index (χ0n) is 19.2. The number of fused-ring (bicyclic) bond motifs is 1. The van der Waals surface area contributed by atoms with E-state index < -0.39 is 34.2 Å².